The van der Waals surface area contributed by atoms with Gasteiger partial charge in [-0.1, -0.05) is 6.07 Å². The molecule has 0 saturated carbocycles. The van der Waals surface area contributed by atoms with E-state index in [2.05, 4.69) is 0 Å². The summed E-state index contributed by atoms with van der Waals surface area (Å²) in [4.78, 5) is 10.4. The average molecular weight is 233 g/mol. The molecule has 1 aromatic rings. The zero-order valence-corrected chi connectivity index (χ0v) is 8.25. The minimum absolute atomic E-state index is 0.0311. The normalized spacial score (nSPS) is 11.2. The Morgan fingerprint density at radius 1 is 1.38 bits per heavy atom. The minimum atomic E-state index is -4.40. The maximum Gasteiger partial charge on any atom is 0.416 e. The molecule has 0 atom stereocenters. The molecule has 1 aromatic carbocycles. The Morgan fingerprint density at radius 3 is 2.62 bits per heavy atom. The SMILES string of the molecule is NC(=O)CCOc1cccc(C(F)(F)F)c1. The summed E-state index contributed by atoms with van der Waals surface area (Å²) in [7, 11) is 0. The Labute approximate surface area is 90.0 Å². The van der Waals surface area contributed by atoms with Gasteiger partial charge in [0.15, 0.2) is 0 Å². The molecule has 0 saturated heterocycles. The Balaban J connectivity index is 2.64. The quantitative estimate of drug-likeness (QED) is 0.864. The van der Waals surface area contributed by atoms with Crippen molar-refractivity contribution in [2.75, 3.05) is 6.61 Å². The van der Waals surface area contributed by atoms with E-state index >= 15 is 0 Å². The number of benzene rings is 1. The van der Waals surface area contributed by atoms with Gasteiger partial charge < -0.3 is 10.5 Å². The summed E-state index contributed by atoms with van der Waals surface area (Å²) in [5, 5.41) is 0. The van der Waals surface area contributed by atoms with Crippen LogP contribution < -0.4 is 10.5 Å². The van der Waals surface area contributed by atoms with Crippen LogP contribution in [0.5, 0.6) is 5.75 Å². The molecule has 3 nitrogen and oxygen atoms in total. The number of ether oxygens (including phenoxy) is 1. The van der Waals surface area contributed by atoms with Crippen LogP contribution in [0.1, 0.15) is 12.0 Å². The smallest absolute Gasteiger partial charge is 0.416 e. The van der Waals surface area contributed by atoms with Gasteiger partial charge in [0, 0.05) is 0 Å². The van der Waals surface area contributed by atoms with Crippen molar-refractivity contribution in [3.8, 4) is 5.75 Å². The summed E-state index contributed by atoms with van der Waals surface area (Å²) in [5.41, 5.74) is 4.07. The minimum Gasteiger partial charge on any atom is -0.493 e. The van der Waals surface area contributed by atoms with E-state index in [1.165, 1.54) is 12.1 Å². The maximum atomic E-state index is 12.3. The first-order valence-electron chi connectivity index (χ1n) is 4.48. The Morgan fingerprint density at radius 2 is 2.06 bits per heavy atom. The first-order chi connectivity index (χ1) is 7.39. The lowest BCUT2D eigenvalue weighted by Crippen LogP contribution is -2.14. The molecule has 0 radical (unpaired) electrons. The van der Waals surface area contributed by atoms with E-state index in [9.17, 15) is 18.0 Å². The number of halogens is 3. The lowest BCUT2D eigenvalue weighted by atomic mass is 10.2. The lowest BCUT2D eigenvalue weighted by molar-refractivity contribution is -0.137. The molecular formula is C10H10F3NO2. The van der Waals surface area contributed by atoms with Crippen LogP contribution in [0, 0.1) is 0 Å². The number of hydrogen-bond donors (Lipinski definition) is 1. The van der Waals surface area contributed by atoms with Crippen LogP contribution in [0.4, 0.5) is 13.2 Å². The summed E-state index contributed by atoms with van der Waals surface area (Å²) in [6.07, 6.45) is -4.43. The molecule has 0 heterocycles. The fourth-order valence-corrected chi connectivity index (χ4v) is 1.03. The maximum absolute atomic E-state index is 12.3. The highest BCUT2D eigenvalue weighted by molar-refractivity contribution is 5.73. The Bertz CT molecular complexity index is 377. The number of carbonyl (C=O) groups is 1. The second kappa shape index (κ2) is 4.87. The van der Waals surface area contributed by atoms with E-state index in [-0.39, 0.29) is 18.8 Å². The number of alkyl halides is 3. The van der Waals surface area contributed by atoms with Crippen LogP contribution in [-0.2, 0) is 11.0 Å². The van der Waals surface area contributed by atoms with Gasteiger partial charge in [0.05, 0.1) is 18.6 Å². The zero-order chi connectivity index (χ0) is 12.2. The number of rotatable bonds is 4. The average Bonchev–Trinajstić information content (AvgIpc) is 2.16. The summed E-state index contributed by atoms with van der Waals surface area (Å²) in [6, 6.07) is 4.45. The molecule has 0 aromatic heterocycles. The second-order valence-corrected chi connectivity index (χ2v) is 3.09. The molecular weight excluding hydrogens is 223 g/mol. The van der Waals surface area contributed by atoms with Crippen LogP contribution in [-0.4, -0.2) is 12.5 Å². The molecule has 88 valence electrons. The molecule has 16 heavy (non-hydrogen) atoms. The van der Waals surface area contributed by atoms with Crippen LogP contribution in [0.3, 0.4) is 0 Å². The summed E-state index contributed by atoms with van der Waals surface area (Å²) in [6.45, 7) is -0.0311. The van der Waals surface area contributed by atoms with Crippen molar-refractivity contribution >= 4 is 5.91 Å². The summed E-state index contributed by atoms with van der Waals surface area (Å²) in [5.74, 6) is -0.497. The summed E-state index contributed by atoms with van der Waals surface area (Å²) < 4.78 is 41.8. The van der Waals surface area contributed by atoms with Gasteiger partial charge in [-0.2, -0.15) is 13.2 Å². The molecule has 6 heteroatoms. The molecule has 1 amide bonds. The molecule has 0 aliphatic rings. The first kappa shape index (κ1) is 12.4. The molecule has 0 fully saturated rings. The monoisotopic (exact) mass is 233 g/mol. The van der Waals surface area contributed by atoms with E-state index in [1.54, 1.807) is 0 Å². The van der Waals surface area contributed by atoms with Crippen molar-refractivity contribution in [1.82, 2.24) is 0 Å². The van der Waals surface area contributed by atoms with E-state index in [0.717, 1.165) is 12.1 Å². The van der Waals surface area contributed by atoms with Gasteiger partial charge in [0.1, 0.15) is 5.75 Å². The van der Waals surface area contributed by atoms with Crippen LogP contribution >= 0.6 is 0 Å². The van der Waals surface area contributed by atoms with Gasteiger partial charge in [-0.25, -0.2) is 0 Å². The highest BCUT2D eigenvalue weighted by Crippen LogP contribution is 2.31. The molecule has 1 rings (SSSR count). The van der Waals surface area contributed by atoms with Crippen molar-refractivity contribution < 1.29 is 22.7 Å². The molecule has 0 spiro atoms. The van der Waals surface area contributed by atoms with Crippen molar-refractivity contribution in [1.29, 1.82) is 0 Å². The molecule has 0 aliphatic heterocycles. The lowest BCUT2D eigenvalue weighted by Gasteiger charge is -2.09. The van der Waals surface area contributed by atoms with Gasteiger partial charge >= 0.3 is 6.18 Å². The van der Waals surface area contributed by atoms with Crippen LogP contribution in [0.25, 0.3) is 0 Å². The molecule has 0 unspecified atom stereocenters. The molecule has 0 aliphatic carbocycles. The van der Waals surface area contributed by atoms with Gasteiger partial charge in [0.25, 0.3) is 0 Å². The second-order valence-electron chi connectivity index (χ2n) is 3.09. The van der Waals surface area contributed by atoms with Crippen LogP contribution in [0.2, 0.25) is 0 Å². The fourth-order valence-electron chi connectivity index (χ4n) is 1.03. The van der Waals surface area contributed by atoms with E-state index in [4.69, 9.17) is 10.5 Å². The number of primary amides is 1. The van der Waals surface area contributed by atoms with Gasteiger partial charge in [-0.05, 0) is 18.2 Å². The number of amides is 1. The topological polar surface area (TPSA) is 52.3 Å². The predicted octanol–water partition coefficient (Wildman–Crippen LogP) is 1.96. The van der Waals surface area contributed by atoms with Crippen molar-refractivity contribution in [2.45, 2.75) is 12.6 Å². The van der Waals surface area contributed by atoms with Gasteiger partial charge in [-0.3, -0.25) is 4.79 Å². The number of hydrogen-bond acceptors (Lipinski definition) is 2. The van der Waals surface area contributed by atoms with Gasteiger partial charge in [0.2, 0.25) is 5.91 Å². The van der Waals surface area contributed by atoms with Gasteiger partial charge in [-0.15, -0.1) is 0 Å². The number of nitrogens with two attached hydrogens (primary N) is 1. The molecule has 2 N–H and O–H groups in total. The molecule has 0 bridgehead atoms. The van der Waals surface area contributed by atoms with E-state index in [1.807, 2.05) is 0 Å². The first-order valence-corrected chi connectivity index (χ1v) is 4.48. The van der Waals surface area contributed by atoms with Crippen molar-refractivity contribution in [3.05, 3.63) is 29.8 Å². The third-order valence-corrected chi connectivity index (χ3v) is 1.78. The highest BCUT2D eigenvalue weighted by Gasteiger charge is 2.30. The van der Waals surface area contributed by atoms with Crippen molar-refractivity contribution in [3.63, 3.8) is 0 Å². The largest absolute Gasteiger partial charge is 0.493 e. The van der Waals surface area contributed by atoms with Crippen molar-refractivity contribution in [2.24, 2.45) is 5.73 Å². The predicted molar refractivity (Wildman–Crippen MR) is 50.8 cm³/mol. The number of carbonyl (C=O) groups excluding carboxylic acids is 1. The Kier molecular flexibility index (Phi) is 3.76. The Hall–Kier alpha value is -1.72. The standard InChI is InChI=1S/C10H10F3NO2/c11-10(12,13)7-2-1-3-8(6-7)16-5-4-9(14)15/h1-3,6H,4-5H2,(H2,14,15). The van der Waals surface area contributed by atoms with E-state index < -0.39 is 17.6 Å². The third-order valence-electron chi connectivity index (χ3n) is 1.78. The zero-order valence-electron chi connectivity index (χ0n) is 8.25. The third kappa shape index (κ3) is 3.80. The van der Waals surface area contributed by atoms with E-state index in [0.29, 0.717) is 0 Å². The summed E-state index contributed by atoms with van der Waals surface area (Å²) >= 11 is 0. The highest BCUT2D eigenvalue weighted by atomic mass is 19.4. The fraction of sp³-hybridized carbons (Fsp3) is 0.300. The van der Waals surface area contributed by atoms with Crippen LogP contribution in [0.15, 0.2) is 24.3 Å².